The van der Waals surface area contributed by atoms with Gasteiger partial charge in [-0.05, 0) is 25.1 Å². The molecular weight excluding hydrogens is 264 g/mol. The molecule has 1 heterocycles. The molecule has 104 valence electrons. The second-order valence-electron chi connectivity index (χ2n) is 4.20. The standard InChI is InChI=1S/C13H12N2O5/c1-7-10(12(17)18)11(16)15(14-7)9-5-3-4-8(6-9)13(19)20-2/h3-6,10H,1-2H3,(H,17,18). The molecule has 0 saturated heterocycles. The molecule has 0 bridgehead atoms. The lowest BCUT2D eigenvalue weighted by molar-refractivity contribution is -0.142. The Morgan fingerprint density at radius 2 is 2.10 bits per heavy atom. The van der Waals surface area contributed by atoms with Crippen molar-refractivity contribution >= 4 is 29.2 Å². The van der Waals surface area contributed by atoms with Crippen LogP contribution in [0.15, 0.2) is 29.4 Å². The van der Waals surface area contributed by atoms with E-state index in [1.54, 1.807) is 12.1 Å². The number of nitrogens with zero attached hydrogens (tertiary/aromatic N) is 2. The second-order valence-corrected chi connectivity index (χ2v) is 4.20. The number of rotatable bonds is 3. The number of amides is 1. The van der Waals surface area contributed by atoms with Gasteiger partial charge in [-0.15, -0.1) is 0 Å². The Morgan fingerprint density at radius 3 is 2.65 bits per heavy atom. The van der Waals surface area contributed by atoms with Gasteiger partial charge in [0.15, 0.2) is 5.92 Å². The van der Waals surface area contributed by atoms with Crippen molar-refractivity contribution in [1.29, 1.82) is 0 Å². The molecule has 7 heteroatoms. The van der Waals surface area contributed by atoms with Gasteiger partial charge >= 0.3 is 11.9 Å². The van der Waals surface area contributed by atoms with Crippen LogP contribution in [0.25, 0.3) is 0 Å². The maximum atomic E-state index is 12.0. The Labute approximate surface area is 114 Å². The Balaban J connectivity index is 2.36. The predicted molar refractivity (Wildman–Crippen MR) is 69.5 cm³/mol. The second kappa shape index (κ2) is 5.12. The summed E-state index contributed by atoms with van der Waals surface area (Å²) in [5.74, 6) is -3.73. The van der Waals surface area contributed by atoms with Gasteiger partial charge in [0.25, 0.3) is 5.91 Å². The van der Waals surface area contributed by atoms with Crippen molar-refractivity contribution < 1.29 is 24.2 Å². The summed E-state index contributed by atoms with van der Waals surface area (Å²) in [6.45, 7) is 1.47. The van der Waals surface area contributed by atoms with Crippen LogP contribution < -0.4 is 5.01 Å². The first-order chi connectivity index (χ1) is 9.45. The Hall–Kier alpha value is -2.70. The number of hydrogen-bond acceptors (Lipinski definition) is 5. The minimum Gasteiger partial charge on any atom is -0.480 e. The third kappa shape index (κ3) is 2.25. The molecule has 1 aromatic rings. The first kappa shape index (κ1) is 13.7. The maximum absolute atomic E-state index is 12.0. The van der Waals surface area contributed by atoms with Crippen LogP contribution in [0.3, 0.4) is 0 Å². The molecule has 0 aromatic heterocycles. The Bertz CT molecular complexity index is 623. The van der Waals surface area contributed by atoms with E-state index in [2.05, 4.69) is 9.84 Å². The molecule has 1 aliphatic heterocycles. The van der Waals surface area contributed by atoms with Crippen LogP contribution in [0, 0.1) is 5.92 Å². The third-order valence-electron chi connectivity index (χ3n) is 2.89. The highest BCUT2D eigenvalue weighted by molar-refractivity contribution is 6.25. The van der Waals surface area contributed by atoms with E-state index >= 15 is 0 Å². The van der Waals surface area contributed by atoms with Crippen LogP contribution in [-0.2, 0) is 14.3 Å². The van der Waals surface area contributed by atoms with Crippen LogP contribution >= 0.6 is 0 Å². The number of ether oxygens (including phenoxy) is 1. The van der Waals surface area contributed by atoms with Gasteiger partial charge in [-0.1, -0.05) is 6.07 Å². The number of methoxy groups -OCH3 is 1. The monoisotopic (exact) mass is 276 g/mol. The zero-order valence-electron chi connectivity index (χ0n) is 10.9. The number of anilines is 1. The number of carbonyl (C=O) groups excluding carboxylic acids is 2. The lowest BCUT2D eigenvalue weighted by Gasteiger charge is -2.13. The smallest absolute Gasteiger partial charge is 0.337 e. The van der Waals surface area contributed by atoms with E-state index in [4.69, 9.17) is 5.11 Å². The van der Waals surface area contributed by atoms with Gasteiger partial charge in [-0.2, -0.15) is 10.1 Å². The summed E-state index contributed by atoms with van der Waals surface area (Å²) in [6, 6.07) is 6.07. The number of hydrazone groups is 1. The molecule has 0 radical (unpaired) electrons. The predicted octanol–water partition coefficient (Wildman–Crippen LogP) is 0.896. The topological polar surface area (TPSA) is 96.3 Å². The molecule has 0 fully saturated rings. The van der Waals surface area contributed by atoms with E-state index in [0.717, 1.165) is 5.01 Å². The van der Waals surface area contributed by atoms with E-state index in [1.807, 2.05) is 0 Å². The number of benzene rings is 1. The molecule has 0 spiro atoms. The fourth-order valence-electron chi connectivity index (χ4n) is 1.92. The van der Waals surface area contributed by atoms with Crippen LogP contribution in [0.5, 0.6) is 0 Å². The maximum Gasteiger partial charge on any atom is 0.337 e. The minimum absolute atomic E-state index is 0.200. The van der Waals surface area contributed by atoms with E-state index in [1.165, 1.54) is 26.2 Å². The first-order valence-electron chi connectivity index (χ1n) is 5.76. The quantitative estimate of drug-likeness (QED) is 0.653. The summed E-state index contributed by atoms with van der Waals surface area (Å²) in [6.07, 6.45) is 0. The van der Waals surface area contributed by atoms with E-state index in [9.17, 15) is 14.4 Å². The van der Waals surface area contributed by atoms with Gasteiger partial charge < -0.3 is 9.84 Å². The van der Waals surface area contributed by atoms with Gasteiger partial charge in [0.1, 0.15) is 0 Å². The zero-order chi connectivity index (χ0) is 14.9. The number of carboxylic acids is 1. The van der Waals surface area contributed by atoms with Crippen molar-refractivity contribution in [2.24, 2.45) is 11.0 Å². The highest BCUT2D eigenvalue weighted by atomic mass is 16.5. The van der Waals surface area contributed by atoms with Gasteiger partial charge in [-0.3, -0.25) is 9.59 Å². The number of carbonyl (C=O) groups is 3. The molecule has 0 saturated carbocycles. The van der Waals surface area contributed by atoms with Crippen molar-refractivity contribution in [3.05, 3.63) is 29.8 Å². The summed E-state index contributed by atoms with van der Waals surface area (Å²) in [5, 5.41) is 13.9. The summed E-state index contributed by atoms with van der Waals surface area (Å²) in [5.41, 5.74) is 0.774. The van der Waals surface area contributed by atoms with Crippen molar-refractivity contribution in [3.8, 4) is 0 Å². The van der Waals surface area contributed by atoms with Gasteiger partial charge in [-0.25, -0.2) is 4.79 Å². The number of aliphatic carboxylic acids is 1. The molecule has 1 aromatic carbocycles. The van der Waals surface area contributed by atoms with Gasteiger partial charge in [0, 0.05) is 0 Å². The Morgan fingerprint density at radius 1 is 1.40 bits per heavy atom. The molecule has 1 unspecified atom stereocenters. The molecule has 1 atom stereocenters. The van der Waals surface area contributed by atoms with E-state index in [-0.39, 0.29) is 11.3 Å². The molecule has 20 heavy (non-hydrogen) atoms. The average molecular weight is 276 g/mol. The van der Waals surface area contributed by atoms with Crippen molar-refractivity contribution in [2.75, 3.05) is 12.1 Å². The summed E-state index contributed by atoms with van der Waals surface area (Å²) < 4.78 is 4.59. The van der Waals surface area contributed by atoms with Crippen LogP contribution in [-0.4, -0.2) is 35.8 Å². The minimum atomic E-state index is -1.28. The highest BCUT2D eigenvalue weighted by Crippen LogP contribution is 2.25. The molecule has 7 nitrogen and oxygen atoms in total. The van der Waals surface area contributed by atoms with Crippen molar-refractivity contribution in [1.82, 2.24) is 0 Å². The fourth-order valence-corrected chi connectivity index (χ4v) is 1.92. The van der Waals surface area contributed by atoms with Crippen LogP contribution in [0.4, 0.5) is 5.69 Å². The molecule has 1 amide bonds. The van der Waals surface area contributed by atoms with E-state index in [0.29, 0.717) is 5.69 Å². The number of esters is 1. The summed E-state index contributed by atoms with van der Waals surface area (Å²) in [4.78, 5) is 34.5. The lowest BCUT2D eigenvalue weighted by atomic mass is 10.1. The molecule has 1 aliphatic rings. The number of carboxylic acid groups (broad SMARTS) is 1. The van der Waals surface area contributed by atoms with Crippen LogP contribution in [0.2, 0.25) is 0 Å². The summed E-state index contributed by atoms with van der Waals surface area (Å²) >= 11 is 0. The zero-order valence-corrected chi connectivity index (χ0v) is 10.9. The van der Waals surface area contributed by atoms with Crippen molar-refractivity contribution in [2.45, 2.75) is 6.92 Å². The van der Waals surface area contributed by atoms with Crippen molar-refractivity contribution in [3.63, 3.8) is 0 Å². The average Bonchev–Trinajstić information content (AvgIpc) is 2.73. The molecule has 0 aliphatic carbocycles. The third-order valence-corrected chi connectivity index (χ3v) is 2.89. The highest BCUT2D eigenvalue weighted by Gasteiger charge is 2.39. The van der Waals surface area contributed by atoms with Gasteiger partial charge in [0.2, 0.25) is 0 Å². The van der Waals surface area contributed by atoms with E-state index < -0.39 is 23.8 Å². The summed E-state index contributed by atoms with van der Waals surface area (Å²) in [7, 11) is 1.25. The molecule has 1 N–H and O–H groups in total. The first-order valence-corrected chi connectivity index (χ1v) is 5.76. The number of hydrogen-bond donors (Lipinski definition) is 1. The fraction of sp³-hybridized carbons (Fsp3) is 0.231. The molecule has 2 rings (SSSR count). The van der Waals surface area contributed by atoms with Crippen LogP contribution in [0.1, 0.15) is 17.3 Å². The normalized spacial score (nSPS) is 17.9. The lowest BCUT2D eigenvalue weighted by Crippen LogP contribution is -2.32. The Kier molecular flexibility index (Phi) is 3.51. The van der Waals surface area contributed by atoms with Gasteiger partial charge in [0.05, 0.1) is 24.1 Å². The molecular formula is C13H12N2O5. The SMILES string of the molecule is COC(=O)c1cccc(N2N=C(C)C(C(=O)O)C2=O)c1. The largest absolute Gasteiger partial charge is 0.480 e.